The van der Waals surface area contributed by atoms with E-state index in [9.17, 15) is 0 Å². The summed E-state index contributed by atoms with van der Waals surface area (Å²) in [6, 6.07) is 10.8. The number of rotatable bonds is 4. The summed E-state index contributed by atoms with van der Waals surface area (Å²) < 4.78 is 2.95. The van der Waals surface area contributed by atoms with E-state index in [1.165, 1.54) is 0 Å². The van der Waals surface area contributed by atoms with Crippen LogP contribution in [0.25, 0.3) is 16.7 Å². The van der Waals surface area contributed by atoms with Crippen molar-refractivity contribution in [3.8, 4) is 5.82 Å². The summed E-state index contributed by atoms with van der Waals surface area (Å²) in [5.74, 6) is 0.893. The number of nitrogens with one attached hydrogen (secondary N) is 1. The first-order valence-electron chi connectivity index (χ1n) is 6.96. The Bertz CT molecular complexity index is 764. The van der Waals surface area contributed by atoms with Gasteiger partial charge in [-0.15, -0.1) is 0 Å². The summed E-state index contributed by atoms with van der Waals surface area (Å²) in [4.78, 5) is 4.79. The van der Waals surface area contributed by atoms with E-state index >= 15 is 0 Å². The van der Waals surface area contributed by atoms with E-state index in [1.807, 2.05) is 35.3 Å². The largest absolute Gasteiger partial charge is 0.310 e. The maximum atomic E-state index is 4.79. The first kappa shape index (κ1) is 14.5. The molecule has 0 aliphatic rings. The molecule has 4 nitrogen and oxygen atoms in total. The predicted octanol–water partition coefficient (Wildman–Crippen LogP) is 3.52. The van der Waals surface area contributed by atoms with Gasteiger partial charge in [-0.2, -0.15) is 5.10 Å². The maximum Gasteiger partial charge on any atom is 0.158 e. The van der Waals surface area contributed by atoms with Crippen molar-refractivity contribution in [2.45, 2.75) is 26.4 Å². The van der Waals surface area contributed by atoms with Crippen LogP contribution in [-0.2, 0) is 6.54 Å². The second kappa shape index (κ2) is 6.11. The van der Waals surface area contributed by atoms with Gasteiger partial charge >= 0.3 is 0 Å². The van der Waals surface area contributed by atoms with E-state index < -0.39 is 0 Å². The molecule has 0 saturated heterocycles. The van der Waals surface area contributed by atoms with Gasteiger partial charge in [0.05, 0.1) is 15.3 Å². The molecule has 2 heterocycles. The third-order valence-electron chi connectivity index (χ3n) is 3.25. The lowest BCUT2D eigenvalue weighted by Crippen LogP contribution is -2.23. The quantitative estimate of drug-likeness (QED) is 0.691. The summed E-state index contributed by atoms with van der Waals surface area (Å²) in [5.41, 5.74) is 2.15. The van der Waals surface area contributed by atoms with Crippen molar-refractivity contribution >= 4 is 33.5 Å². The zero-order valence-electron chi connectivity index (χ0n) is 12.0. The molecule has 0 atom stereocenters. The summed E-state index contributed by atoms with van der Waals surface area (Å²) in [7, 11) is 0. The average molecular weight is 392 g/mol. The fraction of sp³-hybridized carbons (Fsp3) is 0.250. The predicted molar refractivity (Wildman–Crippen MR) is 93.6 cm³/mol. The number of para-hydroxylation sites is 1. The zero-order valence-corrected chi connectivity index (χ0v) is 14.2. The van der Waals surface area contributed by atoms with Gasteiger partial charge in [0.25, 0.3) is 0 Å². The molecule has 0 spiro atoms. The second-order valence-corrected chi connectivity index (χ2v) is 6.55. The van der Waals surface area contributed by atoms with Gasteiger partial charge in [-0.05, 0) is 34.7 Å². The number of nitrogens with zero attached hydrogens (tertiary/aromatic N) is 3. The number of benzene rings is 1. The summed E-state index contributed by atoms with van der Waals surface area (Å²) in [6.45, 7) is 5.07. The summed E-state index contributed by atoms with van der Waals surface area (Å²) in [6.07, 6.45) is 3.84. The van der Waals surface area contributed by atoms with Crippen molar-refractivity contribution < 1.29 is 0 Å². The van der Waals surface area contributed by atoms with Crippen molar-refractivity contribution in [2.75, 3.05) is 0 Å². The lowest BCUT2D eigenvalue weighted by atomic mass is 10.1. The molecule has 3 rings (SSSR count). The Morgan fingerprint density at radius 2 is 2.10 bits per heavy atom. The molecule has 0 fully saturated rings. The van der Waals surface area contributed by atoms with Gasteiger partial charge in [0.1, 0.15) is 0 Å². The highest BCUT2D eigenvalue weighted by molar-refractivity contribution is 14.1. The smallest absolute Gasteiger partial charge is 0.158 e. The third kappa shape index (κ3) is 3.24. The normalized spacial score (nSPS) is 11.4. The first-order valence-corrected chi connectivity index (χ1v) is 8.04. The number of halogens is 1. The molecule has 0 radical (unpaired) electrons. The van der Waals surface area contributed by atoms with Gasteiger partial charge < -0.3 is 5.32 Å². The number of hydrogen-bond acceptors (Lipinski definition) is 3. The van der Waals surface area contributed by atoms with Crippen LogP contribution in [-0.4, -0.2) is 20.8 Å². The fourth-order valence-electron chi connectivity index (χ4n) is 2.21. The Morgan fingerprint density at radius 1 is 1.29 bits per heavy atom. The minimum absolute atomic E-state index is 0.432. The molecule has 108 valence electrons. The van der Waals surface area contributed by atoms with Crippen molar-refractivity contribution in [3.63, 3.8) is 0 Å². The van der Waals surface area contributed by atoms with Gasteiger partial charge in [0.2, 0.25) is 0 Å². The molecule has 0 aliphatic carbocycles. The number of aromatic nitrogens is 3. The second-order valence-electron chi connectivity index (χ2n) is 5.30. The van der Waals surface area contributed by atoms with Crippen LogP contribution in [0.5, 0.6) is 0 Å². The topological polar surface area (TPSA) is 42.7 Å². The van der Waals surface area contributed by atoms with Crippen LogP contribution in [0.3, 0.4) is 0 Å². The van der Waals surface area contributed by atoms with E-state index in [0.29, 0.717) is 6.04 Å². The van der Waals surface area contributed by atoms with Gasteiger partial charge in [-0.1, -0.05) is 32.0 Å². The first-order chi connectivity index (χ1) is 10.1. The van der Waals surface area contributed by atoms with Crippen molar-refractivity contribution in [2.24, 2.45) is 0 Å². The SMILES string of the molecule is CC(C)NCc1cc2ccccc2nc1-n1cc(I)cn1. The number of fused-ring (bicyclic) bond motifs is 1. The highest BCUT2D eigenvalue weighted by Crippen LogP contribution is 2.20. The molecule has 0 bridgehead atoms. The van der Waals surface area contributed by atoms with Crippen LogP contribution in [0, 0.1) is 3.57 Å². The lowest BCUT2D eigenvalue weighted by molar-refractivity contribution is 0.585. The monoisotopic (exact) mass is 392 g/mol. The van der Waals surface area contributed by atoms with Crippen LogP contribution in [0.2, 0.25) is 0 Å². The molecule has 0 aliphatic heterocycles. The molecule has 21 heavy (non-hydrogen) atoms. The van der Waals surface area contributed by atoms with Gasteiger partial charge in [-0.3, -0.25) is 0 Å². The van der Waals surface area contributed by atoms with Crippen LogP contribution in [0.4, 0.5) is 0 Å². The zero-order chi connectivity index (χ0) is 14.8. The lowest BCUT2D eigenvalue weighted by Gasteiger charge is -2.13. The summed E-state index contributed by atoms with van der Waals surface area (Å²) >= 11 is 2.26. The Labute approximate surface area is 137 Å². The van der Waals surface area contributed by atoms with Gasteiger partial charge in [-0.25, -0.2) is 9.67 Å². The maximum absolute atomic E-state index is 4.79. The summed E-state index contributed by atoms with van der Waals surface area (Å²) in [5, 5.41) is 9.02. The minimum atomic E-state index is 0.432. The molecular formula is C16H17IN4. The Hall–Kier alpha value is -1.47. The molecule has 0 saturated carbocycles. The highest BCUT2D eigenvalue weighted by Gasteiger charge is 2.10. The highest BCUT2D eigenvalue weighted by atomic mass is 127. The van der Waals surface area contributed by atoms with Crippen molar-refractivity contribution in [1.82, 2.24) is 20.1 Å². The van der Waals surface area contributed by atoms with Gasteiger partial charge in [0, 0.05) is 29.7 Å². The van der Waals surface area contributed by atoms with Crippen LogP contribution < -0.4 is 5.32 Å². The van der Waals surface area contributed by atoms with Crippen molar-refractivity contribution in [3.05, 3.63) is 51.9 Å². The molecule has 2 aromatic heterocycles. The van der Waals surface area contributed by atoms with Crippen molar-refractivity contribution in [1.29, 1.82) is 0 Å². The molecule has 0 unspecified atom stereocenters. The van der Waals surface area contributed by atoms with Crippen LogP contribution >= 0.6 is 22.6 Å². The van der Waals surface area contributed by atoms with E-state index in [-0.39, 0.29) is 0 Å². The van der Waals surface area contributed by atoms with Crippen LogP contribution in [0.15, 0.2) is 42.7 Å². The molecule has 1 N–H and O–H groups in total. The van der Waals surface area contributed by atoms with E-state index in [1.54, 1.807) is 0 Å². The Kier molecular flexibility index (Phi) is 4.21. The van der Waals surface area contributed by atoms with Crippen LogP contribution in [0.1, 0.15) is 19.4 Å². The Balaban J connectivity index is 2.11. The molecule has 0 amide bonds. The molecular weight excluding hydrogens is 375 g/mol. The Morgan fingerprint density at radius 3 is 2.81 bits per heavy atom. The average Bonchev–Trinajstić information content (AvgIpc) is 2.90. The fourth-order valence-corrected chi connectivity index (χ4v) is 2.60. The van der Waals surface area contributed by atoms with E-state index in [2.05, 4.69) is 59.0 Å². The molecule has 1 aromatic carbocycles. The minimum Gasteiger partial charge on any atom is -0.310 e. The molecule has 5 heteroatoms. The van der Waals surface area contributed by atoms with E-state index in [0.717, 1.165) is 32.4 Å². The van der Waals surface area contributed by atoms with E-state index in [4.69, 9.17) is 4.98 Å². The standard InChI is InChI=1S/C16H17IN4/c1-11(2)18-8-13-7-12-5-3-4-6-15(12)20-16(13)21-10-14(17)9-19-21/h3-7,9-11,18H,8H2,1-2H3. The number of pyridine rings is 1. The third-order valence-corrected chi connectivity index (χ3v) is 3.81. The number of hydrogen-bond donors (Lipinski definition) is 1. The molecule has 3 aromatic rings. The van der Waals surface area contributed by atoms with Gasteiger partial charge in [0.15, 0.2) is 5.82 Å².